The lowest BCUT2D eigenvalue weighted by Gasteiger charge is -2.29. The molecule has 0 spiro atoms. The monoisotopic (exact) mass is 421 g/mol. The van der Waals surface area contributed by atoms with Gasteiger partial charge < -0.3 is 19.9 Å². The zero-order valence-corrected chi connectivity index (χ0v) is 17.1. The number of nitrogens with one attached hydrogen (secondary N) is 1. The normalized spacial score (nSPS) is 19.3. The fourth-order valence-corrected chi connectivity index (χ4v) is 4.09. The van der Waals surface area contributed by atoms with E-state index in [4.69, 9.17) is 14.7 Å². The van der Waals surface area contributed by atoms with E-state index in [0.29, 0.717) is 38.5 Å². The lowest BCUT2D eigenvalue weighted by atomic mass is 10.2. The molecule has 3 aromatic rings. The van der Waals surface area contributed by atoms with Crippen LogP contribution in [-0.4, -0.2) is 59.7 Å². The van der Waals surface area contributed by atoms with Gasteiger partial charge in [-0.15, -0.1) is 0 Å². The zero-order valence-electron chi connectivity index (χ0n) is 17.1. The Kier molecular flexibility index (Phi) is 5.38. The van der Waals surface area contributed by atoms with Crippen molar-refractivity contribution in [3.8, 4) is 0 Å². The number of para-hydroxylation sites is 2. The predicted octanol–water partition coefficient (Wildman–Crippen LogP) is 2.82. The van der Waals surface area contributed by atoms with Crippen LogP contribution in [0.25, 0.3) is 11.0 Å². The van der Waals surface area contributed by atoms with E-state index in [-0.39, 0.29) is 17.8 Å². The number of morpholine rings is 1. The van der Waals surface area contributed by atoms with Gasteiger partial charge in [0.15, 0.2) is 11.6 Å². The standard InChI is InChI=1S/C23H24FN5O2/c24-17-7-5-16(6-8-17)15-29-10-9-20(23(29)30)26-21-22(28-11-13-31-14-12-28)27-19-4-2-1-3-18(19)25-21/h1-8,20H,9-15H2,(H,25,26). The molecule has 5 rings (SSSR count). The third-order valence-corrected chi connectivity index (χ3v) is 5.76. The van der Waals surface area contributed by atoms with E-state index < -0.39 is 0 Å². The minimum Gasteiger partial charge on any atom is -0.378 e. The molecule has 1 N–H and O–H groups in total. The molecule has 1 unspecified atom stereocenters. The van der Waals surface area contributed by atoms with Crippen LogP contribution in [0.4, 0.5) is 16.0 Å². The van der Waals surface area contributed by atoms with Crippen LogP contribution in [0.15, 0.2) is 48.5 Å². The molecule has 0 saturated carbocycles. The lowest BCUT2D eigenvalue weighted by Crippen LogP contribution is -2.38. The third-order valence-electron chi connectivity index (χ3n) is 5.76. The molecule has 160 valence electrons. The molecule has 1 aromatic heterocycles. The Balaban J connectivity index is 1.38. The molecule has 2 saturated heterocycles. The molecule has 1 amide bonds. The van der Waals surface area contributed by atoms with E-state index in [1.807, 2.05) is 24.3 Å². The van der Waals surface area contributed by atoms with Crippen molar-refractivity contribution >= 4 is 28.6 Å². The van der Waals surface area contributed by atoms with E-state index in [9.17, 15) is 9.18 Å². The van der Waals surface area contributed by atoms with Gasteiger partial charge in [-0.05, 0) is 36.2 Å². The van der Waals surface area contributed by atoms with Crippen LogP contribution in [-0.2, 0) is 16.1 Å². The smallest absolute Gasteiger partial charge is 0.245 e. The number of anilines is 2. The van der Waals surface area contributed by atoms with Gasteiger partial charge in [-0.2, -0.15) is 0 Å². The number of carbonyl (C=O) groups excluding carboxylic acids is 1. The molecule has 3 heterocycles. The number of ether oxygens (including phenoxy) is 1. The number of likely N-dealkylation sites (tertiary alicyclic amines) is 1. The molecule has 2 fully saturated rings. The Morgan fingerprint density at radius 3 is 2.45 bits per heavy atom. The molecule has 1 atom stereocenters. The van der Waals surface area contributed by atoms with Crippen LogP contribution in [0.2, 0.25) is 0 Å². The van der Waals surface area contributed by atoms with Crippen LogP contribution >= 0.6 is 0 Å². The number of hydrogen-bond acceptors (Lipinski definition) is 6. The summed E-state index contributed by atoms with van der Waals surface area (Å²) in [4.78, 5) is 26.6. The van der Waals surface area contributed by atoms with E-state index in [1.54, 1.807) is 17.0 Å². The first kappa shape index (κ1) is 19.7. The summed E-state index contributed by atoms with van der Waals surface area (Å²) in [5, 5.41) is 3.37. The summed E-state index contributed by atoms with van der Waals surface area (Å²) in [7, 11) is 0. The van der Waals surface area contributed by atoms with E-state index in [2.05, 4.69) is 10.2 Å². The van der Waals surface area contributed by atoms with Gasteiger partial charge in [-0.3, -0.25) is 4.79 Å². The molecule has 2 aliphatic heterocycles. The number of carbonyl (C=O) groups is 1. The van der Waals surface area contributed by atoms with Crippen molar-refractivity contribution in [2.24, 2.45) is 0 Å². The van der Waals surface area contributed by atoms with Crippen molar-refractivity contribution in [2.45, 2.75) is 19.0 Å². The molecule has 2 aromatic carbocycles. The van der Waals surface area contributed by atoms with Crippen molar-refractivity contribution < 1.29 is 13.9 Å². The zero-order chi connectivity index (χ0) is 21.2. The van der Waals surface area contributed by atoms with Crippen LogP contribution in [0.5, 0.6) is 0 Å². The van der Waals surface area contributed by atoms with Crippen molar-refractivity contribution in [1.82, 2.24) is 14.9 Å². The molecule has 8 heteroatoms. The van der Waals surface area contributed by atoms with Crippen molar-refractivity contribution in [2.75, 3.05) is 43.1 Å². The Morgan fingerprint density at radius 1 is 1.00 bits per heavy atom. The van der Waals surface area contributed by atoms with Gasteiger partial charge in [-0.25, -0.2) is 14.4 Å². The van der Waals surface area contributed by atoms with Gasteiger partial charge in [0.2, 0.25) is 5.91 Å². The second kappa shape index (κ2) is 8.47. The number of aromatic nitrogens is 2. The van der Waals surface area contributed by atoms with Crippen molar-refractivity contribution in [1.29, 1.82) is 0 Å². The SMILES string of the molecule is O=C1C(Nc2nc3ccccc3nc2N2CCOCC2)CCN1Cc1ccc(F)cc1. The molecule has 31 heavy (non-hydrogen) atoms. The number of fused-ring (bicyclic) bond motifs is 1. The summed E-state index contributed by atoms with van der Waals surface area (Å²) in [5.74, 6) is 1.13. The average molecular weight is 421 g/mol. The largest absolute Gasteiger partial charge is 0.378 e. The highest BCUT2D eigenvalue weighted by molar-refractivity contribution is 5.88. The molecule has 0 aliphatic carbocycles. The highest BCUT2D eigenvalue weighted by Gasteiger charge is 2.33. The Bertz CT molecular complexity index is 1090. The lowest BCUT2D eigenvalue weighted by molar-refractivity contribution is -0.128. The maximum absolute atomic E-state index is 13.2. The number of hydrogen-bond donors (Lipinski definition) is 1. The summed E-state index contributed by atoms with van der Waals surface area (Å²) in [6.07, 6.45) is 0.678. The maximum atomic E-state index is 13.2. The maximum Gasteiger partial charge on any atom is 0.245 e. The molecule has 0 radical (unpaired) electrons. The molecule has 0 bridgehead atoms. The number of halogens is 1. The van der Waals surface area contributed by atoms with E-state index in [1.165, 1.54) is 12.1 Å². The van der Waals surface area contributed by atoms with Crippen LogP contribution in [0.3, 0.4) is 0 Å². The minimum absolute atomic E-state index is 0.0206. The molecular weight excluding hydrogens is 397 g/mol. The molecule has 2 aliphatic rings. The fourth-order valence-electron chi connectivity index (χ4n) is 4.09. The number of amides is 1. The topological polar surface area (TPSA) is 70.6 Å². The van der Waals surface area contributed by atoms with Crippen molar-refractivity contribution in [3.63, 3.8) is 0 Å². The van der Waals surface area contributed by atoms with Gasteiger partial charge in [-0.1, -0.05) is 24.3 Å². The van der Waals surface area contributed by atoms with Crippen molar-refractivity contribution in [3.05, 3.63) is 59.9 Å². The Labute approximate surface area is 179 Å². The first-order valence-electron chi connectivity index (χ1n) is 10.6. The summed E-state index contributed by atoms with van der Waals surface area (Å²) in [5.41, 5.74) is 2.52. The average Bonchev–Trinajstić information content (AvgIpc) is 3.14. The first-order valence-corrected chi connectivity index (χ1v) is 10.6. The number of rotatable bonds is 5. The second-order valence-corrected chi connectivity index (χ2v) is 7.86. The van der Waals surface area contributed by atoms with Gasteiger partial charge in [0, 0.05) is 26.2 Å². The fraction of sp³-hybridized carbons (Fsp3) is 0.348. The quantitative estimate of drug-likeness (QED) is 0.683. The Morgan fingerprint density at radius 2 is 1.71 bits per heavy atom. The van der Waals surface area contributed by atoms with Crippen LogP contribution in [0, 0.1) is 5.82 Å². The molecule has 7 nitrogen and oxygen atoms in total. The number of nitrogens with zero attached hydrogens (tertiary/aromatic N) is 4. The van der Waals surface area contributed by atoms with E-state index >= 15 is 0 Å². The highest BCUT2D eigenvalue weighted by Crippen LogP contribution is 2.28. The number of benzene rings is 2. The highest BCUT2D eigenvalue weighted by atomic mass is 19.1. The van der Waals surface area contributed by atoms with Gasteiger partial charge in [0.05, 0.1) is 24.2 Å². The summed E-state index contributed by atoms with van der Waals surface area (Å²) < 4.78 is 18.7. The predicted molar refractivity (Wildman–Crippen MR) is 116 cm³/mol. The third kappa shape index (κ3) is 4.16. The molecular formula is C23H24FN5O2. The van der Waals surface area contributed by atoms with Gasteiger partial charge in [0.1, 0.15) is 11.9 Å². The Hall–Kier alpha value is -3.26. The van der Waals surface area contributed by atoms with Crippen LogP contribution in [0.1, 0.15) is 12.0 Å². The van der Waals surface area contributed by atoms with Gasteiger partial charge >= 0.3 is 0 Å². The minimum atomic E-state index is -0.365. The summed E-state index contributed by atoms with van der Waals surface area (Å²) in [6.45, 7) is 3.86. The van der Waals surface area contributed by atoms with E-state index in [0.717, 1.165) is 35.5 Å². The second-order valence-electron chi connectivity index (χ2n) is 7.86. The summed E-state index contributed by atoms with van der Waals surface area (Å²) in [6, 6.07) is 13.7. The van der Waals surface area contributed by atoms with Gasteiger partial charge in [0.25, 0.3) is 0 Å². The first-order chi connectivity index (χ1) is 15.2. The van der Waals surface area contributed by atoms with Crippen LogP contribution < -0.4 is 10.2 Å². The summed E-state index contributed by atoms with van der Waals surface area (Å²) >= 11 is 0.